The minimum Gasteiger partial charge on any atom is -0.328 e. The molecule has 1 aliphatic heterocycles. The maximum absolute atomic E-state index is 13.1. The lowest BCUT2D eigenvalue weighted by Gasteiger charge is -2.37. The third kappa shape index (κ3) is 4.74. The highest BCUT2D eigenvalue weighted by atomic mass is 35.5. The minimum absolute atomic E-state index is 0.210. The molecule has 2 aromatic rings. The zero-order valence-corrected chi connectivity index (χ0v) is 16.7. The Morgan fingerprint density at radius 1 is 1.10 bits per heavy atom. The molecule has 152 valence electrons. The van der Waals surface area contributed by atoms with Crippen molar-refractivity contribution in [3.8, 4) is 0 Å². The van der Waals surface area contributed by atoms with E-state index in [9.17, 15) is 18.8 Å². The van der Waals surface area contributed by atoms with Crippen LogP contribution < -0.4 is 5.32 Å². The summed E-state index contributed by atoms with van der Waals surface area (Å²) in [6.07, 6.45) is 0.354. The van der Waals surface area contributed by atoms with Crippen molar-refractivity contribution in [1.29, 1.82) is 0 Å². The number of nitrogens with one attached hydrogen (secondary N) is 1. The molecule has 3 rings (SSSR count). The first-order valence-corrected chi connectivity index (χ1v) is 9.68. The van der Waals surface area contributed by atoms with Crippen LogP contribution in [0.3, 0.4) is 0 Å². The number of hydrogen-bond acceptors (Lipinski definition) is 3. The van der Waals surface area contributed by atoms with Gasteiger partial charge in [-0.1, -0.05) is 42.8 Å². The van der Waals surface area contributed by atoms with Gasteiger partial charge in [0.2, 0.25) is 5.91 Å². The Bertz CT molecular complexity index is 920. The number of halogens is 2. The first-order valence-electron chi connectivity index (χ1n) is 9.30. The maximum atomic E-state index is 13.1. The predicted molar refractivity (Wildman–Crippen MR) is 108 cm³/mol. The van der Waals surface area contributed by atoms with Crippen LogP contribution in [-0.2, 0) is 20.9 Å². The molecule has 1 aliphatic rings. The topological polar surface area (TPSA) is 69.7 Å². The highest BCUT2D eigenvalue weighted by Crippen LogP contribution is 2.22. The van der Waals surface area contributed by atoms with Gasteiger partial charge in [0.15, 0.2) is 0 Å². The molecule has 1 saturated heterocycles. The van der Waals surface area contributed by atoms with Crippen molar-refractivity contribution < 1.29 is 18.8 Å². The van der Waals surface area contributed by atoms with E-state index >= 15 is 0 Å². The van der Waals surface area contributed by atoms with Crippen LogP contribution in [0.1, 0.15) is 18.9 Å². The Kier molecular flexibility index (Phi) is 6.49. The summed E-state index contributed by atoms with van der Waals surface area (Å²) in [5.74, 6) is -2.16. The molecule has 29 heavy (non-hydrogen) atoms. The number of hydrogen-bond donors (Lipinski definition) is 1. The number of anilines is 1. The van der Waals surface area contributed by atoms with Gasteiger partial charge in [-0.25, -0.2) is 4.39 Å². The average Bonchev–Trinajstić information content (AvgIpc) is 2.71. The summed E-state index contributed by atoms with van der Waals surface area (Å²) in [4.78, 5) is 40.7. The van der Waals surface area contributed by atoms with Crippen LogP contribution in [0.4, 0.5) is 10.1 Å². The van der Waals surface area contributed by atoms with Crippen molar-refractivity contribution in [2.45, 2.75) is 25.9 Å². The molecule has 1 heterocycles. The van der Waals surface area contributed by atoms with Gasteiger partial charge in [-0.15, -0.1) is 0 Å². The van der Waals surface area contributed by atoms with Crippen molar-refractivity contribution >= 4 is 35.0 Å². The van der Waals surface area contributed by atoms with Gasteiger partial charge in [0, 0.05) is 19.6 Å². The number of amides is 3. The second-order valence-corrected chi connectivity index (χ2v) is 7.15. The van der Waals surface area contributed by atoms with E-state index in [1.54, 1.807) is 43.3 Å². The fourth-order valence-corrected chi connectivity index (χ4v) is 3.46. The molecule has 0 radical (unpaired) electrons. The van der Waals surface area contributed by atoms with Gasteiger partial charge in [-0.3, -0.25) is 14.4 Å². The molecule has 0 spiro atoms. The summed E-state index contributed by atoms with van der Waals surface area (Å²) in [6, 6.07) is 11.8. The molecule has 3 amide bonds. The molecule has 1 N–H and O–H groups in total. The third-order valence-corrected chi connectivity index (χ3v) is 5.16. The van der Waals surface area contributed by atoms with Gasteiger partial charge < -0.3 is 15.1 Å². The Labute approximate surface area is 173 Å². The Morgan fingerprint density at radius 3 is 2.45 bits per heavy atom. The van der Waals surface area contributed by atoms with Gasteiger partial charge in [-0.05, 0) is 36.2 Å². The zero-order chi connectivity index (χ0) is 21.0. The van der Waals surface area contributed by atoms with E-state index < -0.39 is 23.8 Å². The molecular formula is C21H21ClFN3O3. The number of para-hydroxylation sites is 1. The number of nitrogens with zero attached hydrogens (tertiary/aromatic N) is 2. The molecule has 2 aromatic carbocycles. The summed E-state index contributed by atoms with van der Waals surface area (Å²) in [7, 11) is 0. The van der Waals surface area contributed by atoms with Crippen molar-refractivity contribution in [1.82, 2.24) is 9.80 Å². The molecule has 1 fully saturated rings. The first kappa shape index (κ1) is 20.8. The fourth-order valence-electron chi connectivity index (χ4n) is 3.27. The number of rotatable bonds is 6. The second kappa shape index (κ2) is 9.05. The lowest BCUT2D eigenvalue weighted by Crippen LogP contribution is -2.59. The van der Waals surface area contributed by atoms with Gasteiger partial charge in [0.25, 0.3) is 0 Å². The maximum Gasteiger partial charge on any atom is 0.312 e. The van der Waals surface area contributed by atoms with Gasteiger partial charge in [0.1, 0.15) is 11.9 Å². The lowest BCUT2D eigenvalue weighted by atomic mass is 10.1. The molecule has 6 nitrogen and oxygen atoms in total. The normalized spacial score (nSPS) is 15.4. The van der Waals surface area contributed by atoms with E-state index in [0.717, 1.165) is 5.56 Å². The summed E-state index contributed by atoms with van der Waals surface area (Å²) in [6.45, 7) is 2.51. The summed E-state index contributed by atoms with van der Waals surface area (Å²) >= 11 is 6.08. The van der Waals surface area contributed by atoms with E-state index in [1.807, 2.05) is 0 Å². The molecule has 0 aromatic heterocycles. The van der Waals surface area contributed by atoms with Crippen molar-refractivity contribution in [3.63, 3.8) is 0 Å². The van der Waals surface area contributed by atoms with Crippen LogP contribution in [0.25, 0.3) is 0 Å². The largest absolute Gasteiger partial charge is 0.328 e. The molecule has 0 unspecified atom stereocenters. The summed E-state index contributed by atoms with van der Waals surface area (Å²) < 4.78 is 13.1. The zero-order valence-electron chi connectivity index (χ0n) is 15.9. The smallest absolute Gasteiger partial charge is 0.312 e. The Hall–Kier alpha value is -2.93. The van der Waals surface area contributed by atoms with E-state index in [2.05, 4.69) is 5.32 Å². The van der Waals surface area contributed by atoms with Crippen molar-refractivity contribution in [2.75, 3.05) is 18.4 Å². The van der Waals surface area contributed by atoms with Gasteiger partial charge in [-0.2, -0.15) is 0 Å². The van der Waals surface area contributed by atoms with E-state index in [-0.39, 0.29) is 25.5 Å². The number of benzene rings is 2. The highest BCUT2D eigenvalue weighted by molar-refractivity contribution is 6.36. The Balaban J connectivity index is 1.68. The van der Waals surface area contributed by atoms with E-state index in [0.29, 0.717) is 17.1 Å². The number of carbonyl (C=O) groups is 3. The second-order valence-electron chi connectivity index (χ2n) is 6.74. The third-order valence-electron chi connectivity index (χ3n) is 4.83. The number of carbonyl (C=O) groups excluding carboxylic acids is 3. The summed E-state index contributed by atoms with van der Waals surface area (Å²) in [5.41, 5.74) is 1.18. The van der Waals surface area contributed by atoms with Crippen LogP contribution >= 0.6 is 11.6 Å². The number of piperazine rings is 1. The molecular weight excluding hydrogens is 397 g/mol. The van der Waals surface area contributed by atoms with Crippen molar-refractivity contribution in [3.05, 3.63) is 64.9 Å². The standard InChI is InChI=1S/C21H21ClFN3O3/c1-2-18(19(27)24-17-6-4-3-5-16(17)22)26-12-11-25(20(28)21(26)29)13-14-7-9-15(23)10-8-14/h3-10,18H,2,11-13H2,1H3,(H,24,27)/t18-/m1/s1. The molecule has 0 bridgehead atoms. The van der Waals surface area contributed by atoms with Crippen LogP contribution in [0, 0.1) is 5.82 Å². The van der Waals surface area contributed by atoms with Crippen LogP contribution in [0.5, 0.6) is 0 Å². The average molecular weight is 418 g/mol. The first-order chi connectivity index (χ1) is 13.9. The lowest BCUT2D eigenvalue weighted by molar-refractivity contribution is -0.159. The van der Waals surface area contributed by atoms with E-state index in [4.69, 9.17) is 11.6 Å². The van der Waals surface area contributed by atoms with Gasteiger partial charge >= 0.3 is 11.8 Å². The van der Waals surface area contributed by atoms with Crippen molar-refractivity contribution in [2.24, 2.45) is 0 Å². The minimum atomic E-state index is -0.782. The molecule has 1 atom stereocenters. The quantitative estimate of drug-likeness (QED) is 0.734. The fraction of sp³-hybridized carbons (Fsp3) is 0.286. The SMILES string of the molecule is CC[C@H](C(=O)Nc1ccccc1Cl)N1CCN(Cc2ccc(F)cc2)C(=O)C1=O. The molecule has 8 heteroatoms. The summed E-state index contributed by atoms with van der Waals surface area (Å²) in [5, 5.41) is 3.12. The van der Waals surface area contributed by atoms with Gasteiger partial charge in [0.05, 0.1) is 10.7 Å². The van der Waals surface area contributed by atoms with Crippen LogP contribution in [0.2, 0.25) is 5.02 Å². The van der Waals surface area contributed by atoms with E-state index in [1.165, 1.54) is 21.9 Å². The highest BCUT2D eigenvalue weighted by Gasteiger charge is 2.38. The molecule has 0 saturated carbocycles. The Morgan fingerprint density at radius 2 is 1.79 bits per heavy atom. The predicted octanol–water partition coefficient (Wildman–Crippen LogP) is 3.07. The van der Waals surface area contributed by atoms with Crippen LogP contribution in [0.15, 0.2) is 48.5 Å². The molecule has 0 aliphatic carbocycles. The monoisotopic (exact) mass is 417 g/mol. The van der Waals surface area contributed by atoms with Crippen LogP contribution in [-0.4, -0.2) is 46.7 Å².